The van der Waals surface area contributed by atoms with E-state index in [2.05, 4.69) is 5.32 Å². The molecule has 0 bridgehead atoms. The lowest BCUT2D eigenvalue weighted by Crippen LogP contribution is -2.52. The van der Waals surface area contributed by atoms with E-state index in [1.807, 2.05) is 26.0 Å². The van der Waals surface area contributed by atoms with Gasteiger partial charge in [0.1, 0.15) is 11.8 Å². The van der Waals surface area contributed by atoms with E-state index in [1.54, 1.807) is 36.4 Å². The Morgan fingerprint density at radius 3 is 1.68 bits per heavy atom. The van der Waals surface area contributed by atoms with Gasteiger partial charge in [0.25, 0.3) is 0 Å². The smallest absolute Gasteiger partial charge is 0.416 e. The molecular weight excluding hydrogens is 660 g/mol. The van der Waals surface area contributed by atoms with E-state index in [-0.39, 0.29) is 23.2 Å². The lowest BCUT2D eigenvalue weighted by molar-refractivity contribution is -0.149. The van der Waals surface area contributed by atoms with Gasteiger partial charge in [-0.1, -0.05) is 72.8 Å². The molecule has 0 aliphatic carbocycles. The molecule has 4 aromatic rings. The summed E-state index contributed by atoms with van der Waals surface area (Å²) in [6, 6.07) is 17.5. The van der Waals surface area contributed by atoms with Crippen LogP contribution in [-0.2, 0) is 28.4 Å². The van der Waals surface area contributed by atoms with Crippen molar-refractivity contribution in [1.82, 2.24) is 5.32 Å². The number of aliphatic hydroxyl groups is 1. The number of carbonyl (C=O) groups is 2. The van der Waals surface area contributed by atoms with Crippen molar-refractivity contribution in [2.45, 2.75) is 45.2 Å². The summed E-state index contributed by atoms with van der Waals surface area (Å²) in [6.45, 7) is 4.45. The summed E-state index contributed by atoms with van der Waals surface area (Å²) in [7, 11) is 1.17. The Balaban J connectivity index is 1.69. The maximum absolute atomic E-state index is 14.0. The van der Waals surface area contributed by atoms with E-state index in [4.69, 9.17) is 4.74 Å². The molecule has 0 saturated carbocycles. The summed E-state index contributed by atoms with van der Waals surface area (Å²) >= 11 is 0. The van der Waals surface area contributed by atoms with Gasteiger partial charge in [0, 0.05) is 12.1 Å². The molecule has 1 atom stereocenters. The van der Waals surface area contributed by atoms with Crippen LogP contribution in [0.3, 0.4) is 0 Å². The fourth-order valence-corrected chi connectivity index (χ4v) is 5.49. The van der Waals surface area contributed by atoms with Crippen LogP contribution in [0.25, 0.3) is 35.4 Å². The second-order valence-corrected chi connectivity index (χ2v) is 11.9. The number of benzene rings is 4. The van der Waals surface area contributed by atoms with Crippen molar-refractivity contribution in [1.29, 1.82) is 0 Å². The SMILES string of the molecule is COC(=O)C(C)(CO)NCc1ccc(C(F)(F)F)c(/C=C/c2cccc(-c3cccc(/C=C/c4cc(C=O)ccc4C(F)(F)F)c3C)c2C)c1. The van der Waals surface area contributed by atoms with Gasteiger partial charge < -0.3 is 9.84 Å². The van der Waals surface area contributed by atoms with Gasteiger partial charge >= 0.3 is 18.3 Å². The number of esters is 1. The van der Waals surface area contributed by atoms with Crippen LogP contribution in [0.15, 0.2) is 72.8 Å². The van der Waals surface area contributed by atoms with Crippen LogP contribution < -0.4 is 5.32 Å². The number of nitrogens with one attached hydrogen (secondary N) is 1. The van der Waals surface area contributed by atoms with Crippen molar-refractivity contribution >= 4 is 36.6 Å². The van der Waals surface area contributed by atoms with Crippen LogP contribution in [-0.4, -0.2) is 36.6 Å². The molecule has 11 heteroatoms. The number of carbonyl (C=O) groups excluding carboxylic acids is 2. The Morgan fingerprint density at radius 1 is 0.740 bits per heavy atom. The molecule has 0 aliphatic heterocycles. The van der Waals surface area contributed by atoms with E-state index in [9.17, 15) is 41.0 Å². The number of aldehydes is 1. The van der Waals surface area contributed by atoms with E-state index >= 15 is 0 Å². The number of alkyl halides is 6. The Hall–Kier alpha value is -5.00. The highest BCUT2D eigenvalue weighted by atomic mass is 19.4. The number of aliphatic hydroxyl groups excluding tert-OH is 1. The lowest BCUT2D eigenvalue weighted by atomic mass is 9.90. The third-order valence-corrected chi connectivity index (χ3v) is 8.50. The summed E-state index contributed by atoms with van der Waals surface area (Å²) < 4.78 is 87.7. The maximum Gasteiger partial charge on any atom is 0.416 e. The molecule has 0 heterocycles. The molecule has 4 rings (SSSR count). The maximum atomic E-state index is 14.0. The molecule has 4 aromatic carbocycles. The largest absolute Gasteiger partial charge is 0.468 e. The number of rotatable bonds is 11. The van der Waals surface area contributed by atoms with E-state index in [0.29, 0.717) is 23.0 Å². The number of hydrogen-bond acceptors (Lipinski definition) is 5. The first kappa shape index (κ1) is 37.8. The van der Waals surface area contributed by atoms with Gasteiger partial charge in [0.2, 0.25) is 0 Å². The summed E-state index contributed by atoms with van der Waals surface area (Å²) in [5.74, 6) is -0.723. The fourth-order valence-electron chi connectivity index (χ4n) is 5.49. The highest BCUT2D eigenvalue weighted by molar-refractivity contribution is 5.84. The monoisotopic (exact) mass is 695 g/mol. The first-order valence-electron chi connectivity index (χ1n) is 15.4. The Bertz CT molecular complexity index is 1940. The third-order valence-electron chi connectivity index (χ3n) is 8.50. The zero-order valence-electron chi connectivity index (χ0n) is 27.7. The fraction of sp³-hybridized carbons (Fsp3) is 0.231. The molecule has 50 heavy (non-hydrogen) atoms. The van der Waals surface area contributed by atoms with Crippen molar-refractivity contribution in [3.63, 3.8) is 0 Å². The van der Waals surface area contributed by atoms with Gasteiger partial charge in [-0.3, -0.25) is 10.1 Å². The highest BCUT2D eigenvalue weighted by Gasteiger charge is 2.35. The summed E-state index contributed by atoms with van der Waals surface area (Å²) in [5, 5.41) is 12.5. The minimum Gasteiger partial charge on any atom is -0.468 e. The van der Waals surface area contributed by atoms with Crippen molar-refractivity contribution in [2.75, 3.05) is 13.7 Å². The molecule has 0 amide bonds. The second-order valence-electron chi connectivity index (χ2n) is 11.9. The standard InChI is InChI=1S/C39H35F6NO4/c1-24-28(13-15-30-19-26(11-17-34(30)38(40,41)42)21-46-37(3,23-48)36(49)50-4)7-5-9-32(24)33-10-6-8-29(25(33)2)14-16-31-20-27(22-47)12-18-35(31)39(43,44)45/h5-20,22,46,48H,21,23H2,1-4H3/b15-13+,16-14+. The number of methoxy groups -OCH3 is 1. The molecule has 0 radical (unpaired) electrons. The number of ether oxygens (including phenoxy) is 1. The van der Waals surface area contributed by atoms with Gasteiger partial charge in [-0.05, 0) is 95.1 Å². The lowest BCUT2D eigenvalue weighted by Gasteiger charge is -2.26. The number of hydrogen-bond donors (Lipinski definition) is 2. The van der Waals surface area contributed by atoms with Crippen molar-refractivity contribution in [2.24, 2.45) is 0 Å². The quantitative estimate of drug-likeness (QED) is 0.0709. The Morgan fingerprint density at radius 2 is 1.22 bits per heavy atom. The minimum absolute atomic E-state index is 0.0241. The molecule has 1 unspecified atom stereocenters. The van der Waals surface area contributed by atoms with Gasteiger partial charge in [-0.15, -0.1) is 0 Å². The van der Waals surface area contributed by atoms with Gasteiger partial charge in [0.15, 0.2) is 0 Å². The number of halogens is 6. The average Bonchev–Trinajstić information content (AvgIpc) is 3.08. The first-order chi connectivity index (χ1) is 23.5. The highest BCUT2D eigenvalue weighted by Crippen LogP contribution is 2.36. The average molecular weight is 696 g/mol. The molecule has 0 spiro atoms. The van der Waals surface area contributed by atoms with E-state index in [0.717, 1.165) is 40.5 Å². The van der Waals surface area contributed by atoms with E-state index < -0.39 is 41.6 Å². The normalized spacial score (nSPS) is 13.5. The Kier molecular flexibility index (Phi) is 11.5. The van der Waals surface area contributed by atoms with Crippen LogP contribution in [0.4, 0.5) is 26.3 Å². The summed E-state index contributed by atoms with van der Waals surface area (Å²) in [4.78, 5) is 23.3. The molecule has 0 fully saturated rings. The predicted octanol–water partition coefficient (Wildman–Crippen LogP) is 9.17. The van der Waals surface area contributed by atoms with E-state index in [1.165, 1.54) is 44.4 Å². The van der Waals surface area contributed by atoms with Crippen molar-refractivity contribution in [3.8, 4) is 11.1 Å². The zero-order chi connectivity index (χ0) is 36.9. The minimum atomic E-state index is -4.64. The summed E-state index contributed by atoms with van der Waals surface area (Å²) in [5.41, 5.74) is 1.45. The van der Waals surface area contributed by atoms with Gasteiger partial charge in [0.05, 0.1) is 24.8 Å². The molecule has 2 N–H and O–H groups in total. The molecule has 262 valence electrons. The zero-order valence-corrected chi connectivity index (χ0v) is 27.7. The second kappa shape index (κ2) is 15.3. The Labute approximate surface area is 285 Å². The van der Waals surface area contributed by atoms with Crippen LogP contribution in [0.1, 0.15) is 67.4 Å². The first-order valence-corrected chi connectivity index (χ1v) is 15.4. The molecule has 0 saturated heterocycles. The third kappa shape index (κ3) is 8.58. The van der Waals surface area contributed by atoms with Crippen LogP contribution in [0.5, 0.6) is 0 Å². The summed E-state index contributed by atoms with van der Waals surface area (Å²) in [6.07, 6.45) is -2.98. The van der Waals surface area contributed by atoms with Crippen LogP contribution in [0.2, 0.25) is 0 Å². The molecular formula is C39H35F6NO4. The molecule has 5 nitrogen and oxygen atoms in total. The van der Waals surface area contributed by atoms with Crippen molar-refractivity contribution < 1.29 is 45.8 Å². The van der Waals surface area contributed by atoms with Crippen molar-refractivity contribution in [3.05, 3.63) is 128 Å². The predicted molar refractivity (Wildman–Crippen MR) is 182 cm³/mol. The topological polar surface area (TPSA) is 75.6 Å². The molecule has 0 aromatic heterocycles. The van der Waals surface area contributed by atoms with Gasteiger partial charge in [-0.2, -0.15) is 26.3 Å². The van der Waals surface area contributed by atoms with Crippen LogP contribution in [0, 0.1) is 13.8 Å². The van der Waals surface area contributed by atoms with Gasteiger partial charge in [-0.25, -0.2) is 4.79 Å². The molecule has 0 aliphatic rings. The van der Waals surface area contributed by atoms with Crippen LogP contribution >= 0.6 is 0 Å².